The van der Waals surface area contributed by atoms with Crippen molar-refractivity contribution in [2.75, 3.05) is 16.6 Å². The van der Waals surface area contributed by atoms with Gasteiger partial charge in [0.25, 0.3) is 0 Å². The van der Waals surface area contributed by atoms with E-state index in [4.69, 9.17) is 5.73 Å². The van der Waals surface area contributed by atoms with E-state index in [2.05, 4.69) is 11.2 Å². The second-order valence-electron chi connectivity index (χ2n) is 3.48. The fraction of sp³-hybridized carbons (Fsp3) is 0.364. The lowest BCUT2D eigenvalue weighted by Crippen LogP contribution is -2.13. The summed E-state index contributed by atoms with van der Waals surface area (Å²) in [4.78, 5) is 11.1. The van der Waals surface area contributed by atoms with Crippen LogP contribution in [-0.2, 0) is 6.42 Å². The van der Waals surface area contributed by atoms with Crippen LogP contribution in [0.3, 0.4) is 0 Å². The van der Waals surface area contributed by atoms with Crippen LogP contribution in [0.25, 0.3) is 0 Å². The Bertz CT molecular complexity index is 390. The molecule has 0 fully saturated rings. The third-order valence-electron chi connectivity index (χ3n) is 2.51. The first kappa shape index (κ1) is 10.4. The molecule has 0 bridgehead atoms. The maximum absolute atomic E-state index is 11.1. The van der Waals surface area contributed by atoms with E-state index in [0.29, 0.717) is 5.56 Å². The normalized spacial score (nSPS) is 14.1. The molecule has 0 aromatic heterocycles. The molecule has 2 rings (SSSR count). The summed E-state index contributed by atoms with van der Waals surface area (Å²) in [5, 5.41) is 0. The topological polar surface area (TPSA) is 46.3 Å². The summed E-state index contributed by atoms with van der Waals surface area (Å²) < 4.78 is 2.24. The van der Waals surface area contributed by atoms with Crippen LogP contribution in [0, 0.1) is 0 Å². The van der Waals surface area contributed by atoms with Gasteiger partial charge in [-0.2, -0.15) is 0 Å². The number of hydrogen-bond donors (Lipinski definition) is 1. The molecule has 0 spiro atoms. The Morgan fingerprint density at radius 1 is 1.60 bits per heavy atom. The van der Waals surface area contributed by atoms with Gasteiger partial charge in [-0.25, -0.2) is 0 Å². The Hall–Kier alpha value is -1.16. The number of fused-ring (bicyclic) bond motifs is 1. The highest BCUT2D eigenvalue weighted by atomic mass is 32.2. The van der Waals surface area contributed by atoms with Crippen LogP contribution in [0.4, 0.5) is 5.69 Å². The first-order valence-corrected chi connectivity index (χ1v) is 6.00. The van der Waals surface area contributed by atoms with E-state index in [0.717, 1.165) is 24.4 Å². The number of hydrogen-bond acceptors (Lipinski definition) is 3. The number of amides is 1. The Morgan fingerprint density at radius 3 is 3.07 bits per heavy atom. The van der Waals surface area contributed by atoms with Crippen LogP contribution < -0.4 is 10.0 Å². The van der Waals surface area contributed by atoms with Gasteiger partial charge in [-0.1, -0.05) is 24.9 Å². The van der Waals surface area contributed by atoms with E-state index in [1.165, 1.54) is 5.56 Å². The zero-order chi connectivity index (χ0) is 10.8. The molecule has 2 N–H and O–H groups in total. The molecule has 15 heavy (non-hydrogen) atoms. The lowest BCUT2D eigenvalue weighted by Gasteiger charge is -2.16. The van der Waals surface area contributed by atoms with Crippen molar-refractivity contribution in [3.05, 3.63) is 29.3 Å². The lowest BCUT2D eigenvalue weighted by molar-refractivity contribution is 0.100. The van der Waals surface area contributed by atoms with Crippen molar-refractivity contribution < 1.29 is 4.79 Å². The molecule has 0 atom stereocenters. The number of anilines is 1. The molecule has 0 saturated heterocycles. The standard InChI is InChI=1S/C11H14N2OS/c1-2-15-13-6-5-8-3-4-9(11(12)14)7-10(8)13/h3-4,7H,2,5-6H2,1H3,(H2,12,14). The van der Waals surface area contributed by atoms with E-state index in [-0.39, 0.29) is 5.91 Å². The lowest BCUT2D eigenvalue weighted by atomic mass is 10.1. The van der Waals surface area contributed by atoms with Gasteiger partial charge < -0.3 is 10.0 Å². The first-order valence-electron chi connectivity index (χ1n) is 5.05. The number of carbonyl (C=O) groups is 1. The highest BCUT2D eigenvalue weighted by molar-refractivity contribution is 8.00. The predicted octanol–water partition coefficient (Wildman–Crippen LogP) is 1.82. The summed E-state index contributed by atoms with van der Waals surface area (Å²) in [6.45, 7) is 3.15. The Kier molecular flexibility index (Phi) is 2.86. The van der Waals surface area contributed by atoms with Crippen molar-refractivity contribution in [3.63, 3.8) is 0 Å². The van der Waals surface area contributed by atoms with Crippen LogP contribution in [0.2, 0.25) is 0 Å². The second kappa shape index (κ2) is 4.14. The summed E-state index contributed by atoms with van der Waals surface area (Å²) in [5.74, 6) is 0.686. The molecule has 0 radical (unpaired) electrons. The second-order valence-corrected chi connectivity index (χ2v) is 4.75. The van der Waals surface area contributed by atoms with Crippen molar-refractivity contribution in [1.29, 1.82) is 0 Å². The average Bonchev–Trinajstić information content (AvgIpc) is 2.61. The van der Waals surface area contributed by atoms with Gasteiger partial charge in [-0.15, -0.1) is 0 Å². The minimum absolute atomic E-state index is 0.355. The summed E-state index contributed by atoms with van der Waals surface area (Å²) in [7, 11) is 0. The zero-order valence-electron chi connectivity index (χ0n) is 8.69. The summed E-state index contributed by atoms with van der Waals surface area (Å²) in [6.07, 6.45) is 1.06. The number of nitrogens with two attached hydrogens (primary N) is 1. The predicted molar refractivity (Wildman–Crippen MR) is 64.1 cm³/mol. The van der Waals surface area contributed by atoms with Crippen LogP contribution in [0.5, 0.6) is 0 Å². The minimum atomic E-state index is -0.355. The van der Waals surface area contributed by atoms with Gasteiger partial charge in [-0.05, 0) is 24.1 Å². The van der Waals surface area contributed by atoms with E-state index in [1.54, 1.807) is 18.0 Å². The molecule has 1 aliphatic rings. The molecule has 4 heteroatoms. The monoisotopic (exact) mass is 222 g/mol. The van der Waals surface area contributed by atoms with Crippen LogP contribution in [-0.4, -0.2) is 18.2 Å². The summed E-state index contributed by atoms with van der Waals surface area (Å²) in [6, 6.07) is 5.71. The third kappa shape index (κ3) is 1.95. The summed E-state index contributed by atoms with van der Waals surface area (Å²) >= 11 is 1.78. The SMILES string of the molecule is CCSN1CCc2ccc(C(N)=O)cc21. The Morgan fingerprint density at radius 2 is 2.40 bits per heavy atom. The average molecular weight is 222 g/mol. The number of primary amides is 1. The molecule has 1 aromatic rings. The maximum Gasteiger partial charge on any atom is 0.248 e. The van der Waals surface area contributed by atoms with Gasteiger partial charge >= 0.3 is 0 Å². The van der Waals surface area contributed by atoms with Gasteiger partial charge in [0.1, 0.15) is 0 Å². The molecule has 1 amide bonds. The molecule has 1 aromatic carbocycles. The molecule has 0 saturated carbocycles. The largest absolute Gasteiger partial charge is 0.366 e. The van der Waals surface area contributed by atoms with Crippen LogP contribution in [0.15, 0.2) is 18.2 Å². The van der Waals surface area contributed by atoms with Crippen molar-refractivity contribution in [3.8, 4) is 0 Å². The Labute approximate surface area is 93.8 Å². The van der Waals surface area contributed by atoms with Gasteiger partial charge in [-0.3, -0.25) is 4.79 Å². The summed E-state index contributed by atoms with van der Waals surface area (Å²) in [5.41, 5.74) is 8.32. The molecular formula is C11H14N2OS. The zero-order valence-corrected chi connectivity index (χ0v) is 9.51. The van der Waals surface area contributed by atoms with Gasteiger partial charge in [0.15, 0.2) is 0 Å². The Balaban J connectivity index is 2.33. The van der Waals surface area contributed by atoms with Crippen molar-refractivity contribution in [2.45, 2.75) is 13.3 Å². The fourth-order valence-electron chi connectivity index (χ4n) is 1.79. The van der Waals surface area contributed by atoms with E-state index in [9.17, 15) is 4.79 Å². The molecule has 0 unspecified atom stereocenters. The minimum Gasteiger partial charge on any atom is -0.366 e. The quantitative estimate of drug-likeness (QED) is 0.793. The van der Waals surface area contributed by atoms with Crippen molar-refractivity contribution in [2.24, 2.45) is 5.73 Å². The fourth-order valence-corrected chi connectivity index (χ4v) is 2.63. The molecule has 1 heterocycles. The van der Waals surface area contributed by atoms with Gasteiger partial charge in [0.2, 0.25) is 5.91 Å². The highest BCUT2D eigenvalue weighted by Crippen LogP contribution is 2.33. The molecule has 0 aliphatic carbocycles. The van der Waals surface area contributed by atoms with Crippen LogP contribution >= 0.6 is 11.9 Å². The van der Waals surface area contributed by atoms with E-state index >= 15 is 0 Å². The number of benzene rings is 1. The third-order valence-corrected chi connectivity index (χ3v) is 3.46. The number of rotatable bonds is 3. The molecular weight excluding hydrogens is 208 g/mol. The smallest absolute Gasteiger partial charge is 0.248 e. The molecule has 1 aliphatic heterocycles. The van der Waals surface area contributed by atoms with E-state index < -0.39 is 0 Å². The number of carbonyl (C=O) groups excluding carboxylic acids is 1. The highest BCUT2D eigenvalue weighted by Gasteiger charge is 2.19. The first-order chi connectivity index (χ1) is 7.22. The van der Waals surface area contributed by atoms with E-state index in [1.807, 2.05) is 12.1 Å². The van der Waals surface area contributed by atoms with Crippen molar-refractivity contribution >= 4 is 23.5 Å². The molecule has 80 valence electrons. The van der Waals surface area contributed by atoms with Gasteiger partial charge in [0.05, 0.1) is 5.69 Å². The van der Waals surface area contributed by atoms with Crippen LogP contribution in [0.1, 0.15) is 22.8 Å². The molecule has 3 nitrogen and oxygen atoms in total. The van der Waals surface area contributed by atoms with Crippen molar-refractivity contribution in [1.82, 2.24) is 0 Å². The number of nitrogens with zero attached hydrogens (tertiary/aromatic N) is 1. The van der Waals surface area contributed by atoms with Gasteiger partial charge in [0, 0.05) is 17.9 Å². The maximum atomic E-state index is 11.1.